The van der Waals surface area contributed by atoms with Crippen LogP contribution in [0.15, 0.2) is 0 Å². The zero-order valence-corrected chi connectivity index (χ0v) is 9.98. The molecule has 2 unspecified atom stereocenters. The fourth-order valence-electron chi connectivity index (χ4n) is 2.19. The van der Waals surface area contributed by atoms with Gasteiger partial charge in [0.2, 0.25) is 5.91 Å². The number of nitrogens with one attached hydrogen (secondary N) is 1. The van der Waals surface area contributed by atoms with E-state index in [1.807, 2.05) is 6.92 Å². The van der Waals surface area contributed by atoms with Crippen LogP contribution in [0.2, 0.25) is 0 Å². The Balaban J connectivity index is 2.62. The molecule has 0 spiro atoms. The number of terminal acetylenes is 1. The molecular weight excluding hydrogens is 220 g/mol. The van der Waals surface area contributed by atoms with Gasteiger partial charge < -0.3 is 10.0 Å². The van der Waals surface area contributed by atoms with Crippen molar-refractivity contribution in [2.75, 3.05) is 19.6 Å². The van der Waals surface area contributed by atoms with Crippen LogP contribution in [0.1, 0.15) is 19.8 Å². The second-order valence-corrected chi connectivity index (χ2v) is 4.30. The Morgan fingerprint density at radius 1 is 1.59 bits per heavy atom. The number of amides is 1. The van der Waals surface area contributed by atoms with E-state index in [1.54, 1.807) is 0 Å². The van der Waals surface area contributed by atoms with E-state index in [1.165, 1.54) is 4.90 Å². The van der Waals surface area contributed by atoms with E-state index in [2.05, 4.69) is 11.2 Å². The number of likely N-dealkylation sites (tertiary alicyclic amines) is 1. The van der Waals surface area contributed by atoms with Crippen LogP contribution in [0.3, 0.4) is 0 Å². The van der Waals surface area contributed by atoms with Crippen LogP contribution in [-0.2, 0) is 9.59 Å². The summed E-state index contributed by atoms with van der Waals surface area (Å²) in [5, 5.41) is 11.9. The minimum absolute atomic E-state index is 0.00201. The number of aliphatic carboxylic acids is 1. The number of piperidine rings is 1. The summed E-state index contributed by atoms with van der Waals surface area (Å²) < 4.78 is 0. The van der Waals surface area contributed by atoms with Gasteiger partial charge in [-0.2, -0.15) is 0 Å². The molecule has 1 aliphatic heterocycles. The Morgan fingerprint density at radius 2 is 2.29 bits per heavy atom. The number of carboxylic acids is 1. The predicted octanol–water partition coefficient (Wildman–Crippen LogP) is -0.0791. The molecule has 0 aromatic heterocycles. The minimum Gasteiger partial charge on any atom is -0.480 e. The van der Waals surface area contributed by atoms with Gasteiger partial charge in [-0.25, -0.2) is 4.79 Å². The van der Waals surface area contributed by atoms with E-state index in [0.717, 1.165) is 12.8 Å². The van der Waals surface area contributed by atoms with Crippen LogP contribution in [-0.4, -0.2) is 47.6 Å². The fourth-order valence-corrected chi connectivity index (χ4v) is 2.19. The van der Waals surface area contributed by atoms with Crippen LogP contribution in [0.5, 0.6) is 0 Å². The van der Waals surface area contributed by atoms with Crippen molar-refractivity contribution < 1.29 is 14.7 Å². The lowest BCUT2D eigenvalue weighted by Gasteiger charge is -2.37. The SMILES string of the molecule is C#CCNCC(=O)N1CCCC(C)C1C(=O)O. The van der Waals surface area contributed by atoms with Gasteiger partial charge in [-0.15, -0.1) is 6.42 Å². The zero-order valence-electron chi connectivity index (χ0n) is 9.98. The van der Waals surface area contributed by atoms with Crippen LogP contribution in [0.4, 0.5) is 0 Å². The van der Waals surface area contributed by atoms with Crippen molar-refractivity contribution in [1.82, 2.24) is 10.2 Å². The highest BCUT2D eigenvalue weighted by Crippen LogP contribution is 2.23. The summed E-state index contributed by atoms with van der Waals surface area (Å²) in [4.78, 5) is 24.5. The highest BCUT2D eigenvalue weighted by atomic mass is 16.4. The highest BCUT2D eigenvalue weighted by Gasteiger charge is 2.36. The fraction of sp³-hybridized carbons (Fsp3) is 0.667. The normalized spacial score (nSPS) is 24.1. The number of nitrogens with zero attached hydrogens (tertiary/aromatic N) is 1. The minimum atomic E-state index is -0.928. The van der Waals surface area contributed by atoms with Crippen molar-refractivity contribution in [1.29, 1.82) is 0 Å². The molecule has 5 heteroatoms. The molecule has 1 saturated heterocycles. The van der Waals surface area contributed by atoms with Crippen molar-refractivity contribution in [2.24, 2.45) is 5.92 Å². The summed E-state index contributed by atoms with van der Waals surface area (Å²) in [5.74, 6) is 1.25. The average molecular weight is 238 g/mol. The number of carbonyl (C=O) groups excluding carboxylic acids is 1. The van der Waals surface area contributed by atoms with Crippen LogP contribution in [0.25, 0.3) is 0 Å². The maximum absolute atomic E-state index is 11.9. The van der Waals surface area contributed by atoms with E-state index in [0.29, 0.717) is 13.1 Å². The Labute approximate surface area is 101 Å². The van der Waals surface area contributed by atoms with E-state index in [9.17, 15) is 9.59 Å². The summed E-state index contributed by atoms with van der Waals surface area (Å²) in [6, 6.07) is -0.705. The average Bonchev–Trinajstić information content (AvgIpc) is 2.28. The molecule has 1 amide bonds. The van der Waals surface area contributed by atoms with Gasteiger partial charge in [-0.1, -0.05) is 12.8 Å². The van der Waals surface area contributed by atoms with Crippen molar-refractivity contribution in [3.63, 3.8) is 0 Å². The molecule has 2 atom stereocenters. The molecule has 2 N–H and O–H groups in total. The topological polar surface area (TPSA) is 69.6 Å². The second-order valence-electron chi connectivity index (χ2n) is 4.30. The van der Waals surface area contributed by atoms with E-state index in [4.69, 9.17) is 11.5 Å². The first-order chi connectivity index (χ1) is 8.07. The molecule has 1 aliphatic rings. The molecule has 0 aliphatic carbocycles. The lowest BCUT2D eigenvalue weighted by molar-refractivity contribution is -0.154. The first-order valence-corrected chi connectivity index (χ1v) is 5.74. The predicted molar refractivity (Wildman–Crippen MR) is 63.2 cm³/mol. The molecule has 94 valence electrons. The van der Waals surface area contributed by atoms with Crippen LogP contribution >= 0.6 is 0 Å². The quantitative estimate of drug-likeness (QED) is 0.531. The zero-order chi connectivity index (χ0) is 12.8. The monoisotopic (exact) mass is 238 g/mol. The lowest BCUT2D eigenvalue weighted by atomic mass is 9.91. The van der Waals surface area contributed by atoms with Gasteiger partial charge in [0.05, 0.1) is 13.1 Å². The highest BCUT2D eigenvalue weighted by molar-refractivity contribution is 5.85. The third-order valence-corrected chi connectivity index (χ3v) is 3.01. The molecule has 0 aromatic rings. The van der Waals surface area contributed by atoms with Gasteiger partial charge in [0, 0.05) is 6.54 Å². The molecule has 17 heavy (non-hydrogen) atoms. The van der Waals surface area contributed by atoms with Crippen molar-refractivity contribution in [2.45, 2.75) is 25.8 Å². The standard InChI is InChI=1S/C12H18N2O3/c1-3-6-13-8-10(15)14-7-4-5-9(2)11(14)12(16)17/h1,9,11,13H,4-8H2,2H3,(H,16,17). The van der Waals surface area contributed by atoms with Crippen molar-refractivity contribution in [3.05, 3.63) is 0 Å². The van der Waals surface area contributed by atoms with Gasteiger partial charge >= 0.3 is 5.97 Å². The van der Waals surface area contributed by atoms with Gasteiger partial charge in [0.1, 0.15) is 6.04 Å². The molecule has 1 heterocycles. The van der Waals surface area contributed by atoms with Crippen molar-refractivity contribution in [3.8, 4) is 12.3 Å². The van der Waals surface area contributed by atoms with Crippen molar-refractivity contribution >= 4 is 11.9 Å². The molecule has 0 saturated carbocycles. The van der Waals surface area contributed by atoms with Gasteiger partial charge in [0.15, 0.2) is 0 Å². The second kappa shape index (κ2) is 6.26. The van der Waals surface area contributed by atoms with Crippen LogP contribution in [0, 0.1) is 18.3 Å². The Kier molecular flexibility index (Phi) is 4.98. The number of hydrogen-bond donors (Lipinski definition) is 2. The number of rotatable bonds is 4. The Morgan fingerprint density at radius 3 is 2.88 bits per heavy atom. The Bertz CT molecular complexity index is 335. The smallest absolute Gasteiger partial charge is 0.326 e. The van der Waals surface area contributed by atoms with Gasteiger partial charge in [-0.3, -0.25) is 10.1 Å². The summed E-state index contributed by atoms with van der Waals surface area (Å²) in [6.07, 6.45) is 6.76. The maximum Gasteiger partial charge on any atom is 0.326 e. The summed E-state index contributed by atoms with van der Waals surface area (Å²) in [5.41, 5.74) is 0. The molecule has 1 rings (SSSR count). The molecular formula is C12H18N2O3. The van der Waals surface area contributed by atoms with E-state index < -0.39 is 12.0 Å². The summed E-state index contributed by atoms with van der Waals surface area (Å²) in [7, 11) is 0. The lowest BCUT2D eigenvalue weighted by Crippen LogP contribution is -2.54. The molecule has 0 aromatic carbocycles. The molecule has 1 fully saturated rings. The molecule has 0 radical (unpaired) electrons. The maximum atomic E-state index is 11.9. The van der Waals surface area contributed by atoms with Crippen LogP contribution < -0.4 is 5.32 Å². The number of carbonyl (C=O) groups is 2. The largest absolute Gasteiger partial charge is 0.480 e. The van der Waals surface area contributed by atoms with Gasteiger partial charge in [-0.05, 0) is 18.8 Å². The molecule has 0 bridgehead atoms. The van der Waals surface area contributed by atoms with E-state index >= 15 is 0 Å². The number of carboxylic acid groups (broad SMARTS) is 1. The number of hydrogen-bond acceptors (Lipinski definition) is 3. The first-order valence-electron chi connectivity index (χ1n) is 5.74. The first kappa shape index (κ1) is 13.5. The third kappa shape index (κ3) is 3.46. The Hall–Kier alpha value is -1.54. The summed E-state index contributed by atoms with van der Waals surface area (Å²) >= 11 is 0. The molecule has 5 nitrogen and oxygen atoms in total. The summed E-state index contributed by atoms with van der Waals surface area (Å²) in [6.45, 7) is 2.79. The third-order valence-electron chi connectivity index (χ3n) is 3.01. The van der Waals surface area contributed by atoms with E-state index in [-0.39, 0.29) is 18.4 Å². The van der Waals surface area contributed by atoms with Gasteiger partial charge in [0.25, 0.3) is 0 Å².